The lowest BCUT2D eigenvalue weighted by Crippen LogP contribution is -2.41. The van der Waals surface area contributed by atoms with Crippen LogP contribution in [0.4, 0.5) is 15.0 Å². The zero-order chi connectivity index (χ0) is 22.4. The summed E-state index contributed by atoms with van der Waals surface area (Å²) in [4.78, 5) is 23.0. The maximum atomic E-state index is 14.8. The molecule has 11 heteroatoms. The van der Waals surface area contributed by atoms with Gasteiger partial charge in [0.05, 0.1) is 17.8 Å². The van der Waals surface area contributed by atoms with Gasteiger partial charge in [-0.1, -0.05) is 6.07 Å². The molecule has 2 fully saturated rings. The topological polar surface area (TPSA) is 111 Å². The molecule has 168 valence electrons. The van der Waals surface area contributed by atoms with Crippen LogP contribution < -0.4 is 4.90 Å². The second-order valence-corrected chi connectivity index (χ2v) is 8.10. The number of carbonyl (C=O) groups is 1. The summed E-state index contributed by atoms with van der Waals surface area (Å²) in [6.45, 7) is 1.69. The summed E-state index contributed by atoms with van der Waals surface area (Å²) < 4.78 is 27.3. The molecule has 33 heavy (non-hydrogen) atoms. The summed E-state index contributed by atoms with van der Waals surface area (Å²) in [5, 5.41) is 10.8. The number of nitrogens with zero attached hydrogens (tertiary/aromatic N) is 6. The number of anilines is 1. The number of fused-ring (bicyclic) bond motifs is 1. The second kappa shape index (κ2) is 7.93. The molecule has 1 N–H and O–H groups in total. The Labute approximate surface area is 187 Å². The summed E-state index contributed by atoms with van der Waals surface area (Å²) >= 11 is 0. The van der Waals surface area contributed by atoms with Crippen molar-refractivity contribution in [3.63, 3.8) is 0 Å². The molecule has 2 aliphatic heterocycles. The minimum atomic E-state index is -0.442. The van der Waals surface area contributed by atoms with E-state index < -0.39 is 11.9 Å². The van der Waals surface area contributed by atoms with Gasteiger partial charge < -0.3 is 9.47 Å². The van der Waals surface area contributed by atoms with Gasteiger partial charge in [0.15, 0.2) is 11.5 Å². The fraction of sp³-hybridized carbons (Fsp3) is 0.318. The summed E-state index contributed by atoms with van der Waals surface area (Å²) in [7, 11) is 0. The predicted octanol–water partition coefficient (Wildman–Crippen LogP) is 3.07. The third kappa shape index (κ3) is 3.41. The molecule has 0 unspecified atom stereocenters. The molecule has 1 atom stereocenters. The number of amides is 1. The fourth-order valence-electron chi connectivity index (χ4n) is 4.55. The smallest absolute Gasteiger partial charge is 0.415 e. The van der Waals surface area contributed by atoms with Crippen LogP contribution in [0.1, 0.15) is 12.8 Å². The minimum absolute atomic E-state index is 0.0960. The minimum Gasteiger partial charge on any atom is -0.447 e. The number of carbonyl (C=O) groups excluding carboxylic acids is 1. The molecule has 0 saturated carbocycles. The molecule has 2 aliphatic rings. The Morgan fingerprint density at radius 3 is 2.82 bits per heavy atom. The van der Waals surface area contributed by atoms with E-state index in [4.69, 9.17) is 14.5 Å². The first kappa shape index (κ1) is 19.8. The highest BCUT2D eigenvalue weighted by Crippen LogP contribution is 2.33. The van der Waals surface area contributed by atoms with Gasteiger partial charge in [0.25, 0.3) is 0 Å². The molecule has 1 amide bonds. The number of H-pyrrole nitrogens is 1. The number of nitrogens with one attached hydrogen (secondary N) is 1. The number of hydrogen-bond donors (Lipinski definition) is 1. The molecular formula is C22H20FN7O3. The van der Waals surface area contributed by atoms with E-state index in [1.54, 1.807) is 40.0 Å². The van der Waals surface area contributed by atoms with Gasteiger partial charge in [-0.25, -0.2) is 23.7 Å². The van der Waals surface area contributed by atoms with E-state index in [2.05, 4.69) is 20.3 Å². The predicted molar refractivity (Wildman–Crippen MR) is 115 cm³/mol. The number of benzene rings is 1. The Balaban J connectivity index is 1.37. The van der Waals surface area contributed by atoms with Crippen molar-refractivity contribution in [1.29, 1.82) is 0 Å². The van der Waals surface area contributed by atoms with E-state index in [0.29, 0.717) is 53.8 Å². The van der Waals surface area contributed by atoms with Gasteiger partial charge >= 0.3 is 6.09 Å². The first-order chi connectivity index (χ1) is 16.2. The van der Waals surface area contributed by atoms with Gasteiger partial charge in [-0.05, 0) is 42.5 Å². The highest BCUT2D eigenvalue weighted by Gasteiger charge is 2.40. The highest BCUT2D eigenvalue weighted by atomic mass is 19.1. The second-order valence-electron chi connectivity index (χ2n) is 8.10. The molecule has 4 aromatic rings. The lowest BCUT2D eigenvalue weighted by atomic mass is 9.91. The quantitative estimate of drug-likeness (QED) is 0.510. The first-order valence-corrected chi connectivity index (χ1v) is 10.7. The van der Waals surface area contributed by atoms with Gasteiger partial charge in [0.1, 0.15) is 24.6 Å². The molecule has 5 heterocycles. The zero-order valence-electron chi connectivity index (χ0n) is 17.5. The average Bonchev–Trinajstić information content (AvgIpc) is 3.59. The summed E-state index contributed by atoms with van der Waals surface area (Å²) in [5.41, 5.74) is 2.10. The van der Waals surface area contributed by atoms with Crippen molar-refractivity contribution in [2.45, 2.75) is 18.9 Å². The number of aromatic amines is 1. The van der Waals surface area contributed by atoms with Crippen molar-refractivity contribution in [1.82, 2.24) is 29.8 Å². The van der Waals surface area contributed by atoms with Crippen LogP contribution in [-0.2, 0) is 9.47 Å². The number of rotatable bonds is 4. The third-order valence-electron chi connectivity index (χ3n) is 6.27. The Bertz CT molecular complexity index is 1320. The van der Waals surface area contributed by atoms with E-state index in [1.807, 2.05) is 0 Å². The number of ether oxygens (including phenoxy) is 2. The van der Waals surface area contributed by atoms with Crippen LogP contribution in [0.25, 0.3) is 28.2 Å². The van der Waals surface area contributed by atoms with E-state index in [9.17, 15) is 9.18 Å². The largest absolute Gasteiger partial charge is 0.447 e. The molecule has 2 saturated heterocycles. The van der Waals surface area contributed by atoms with Gasteiger partial charge in [-0.3, -0.25) is 10.00 Å². The number of aromatic nitrogens is 6. The fourth-order valence-corrected chi connectivity index (χ4v) is 4.55. The molecule has 0 radical (unpaired) electrons. The van der Waals surface area contributed by atoms with Gasteiger partial charge in [-0.15, -0.1) is 0 Å². The molecule has 0 spiro atoms. The average molecular weight is 449 g/mol. The van der Waals surface area contributed by atoms with Crippen LogP contribution >= 0.6 is 0 Å². The van der Waals surface area contributed by atoms with Crippen molar-refractivity contribution in [2.75, 3.05) is 24.7 Å². The Morgan fingerprint density at radius 1 is 1.15 bits per heavy atom. The van der Waals surface area contributed by atoms with E-state index in [0.717, 1.165) is 12.8 Å². The van der Waals surface area contributed by atoms with Crippen molar-refractivity contribution in [2.24, 2.45) is 5.92 Å². The summed E-state index contributed by atoms with van der Waals surface area (Å²) in [6.07, 6.45) is 6.03. The van der Waals surface area contributed by atoms with Gasteiger partial charge in [-0.2, -0.15) is 10.2 Å². The molecule has 0 aliphatic carbocycles. The first-order valence-electron chi connectivity index (χ1n) is 10.7. The SMILES string of the molecule is O=C1OC[C@H](C2CCOCC2)N1c1ccn2ncc(-c3ccc(-c4ncn[nH]4)c(F)c3)c2n1. The molecule has 10 nitrogen and oxygen atoms in total. The normalized spacial score (nSPS) is 19.4. The molecule has 6 rings (SSSR count). The van der Waals surface area contributed by atoms with Crippen molar-refractivity contribution >= 4 is 17.6 Å². The summed E-state index contributed by atoms with van der Waals surface area (Å²) in [6, 6.07) is 6.48. The highest BCUT2D eigenvalue weighted by molar-refractivity contribution is 5.90. The van der Waals surface area contributed by atoms with Crippen LogP contribution in [0.5, 0.6) is 0 Å². The monoisotopic (exact) mass is 449 g/mol. The third-order valence-corrected chi connectivity index (χ3v) is 6.27. The van der Waals surface area contributed by atoms with Crippen LogP contribution in [0.2, 0.25) is 0 Å². The Hall–Kier alpha value is -3.86. The van der Waals surface area contributed by atoms with Crippen LogP contribution in [0, 0.1) is 11.7 Å². The maximum absolute atomic E-state index is 14.8. The Kier molecular flexibility index (Phi) is 4.75. The molecule has 1 aromatic carbocycles. The van der Waals surface area contributed by atoms with Crippen LogP contribution in [-0.4, -0.2) is 61.7 Å². The standard InChI is InChI=1S/C22H20FN7O3/c23-17-9-14(1-2-15(17)20-24-12-25-28-20)16-10-26-29-6-3-19(27-21(16)29)30-18(11-33-22(30)31)13-4-7-32-8-5-13/h1-3,6,9-10,12-13,18H,4-5,7-8,11H2,(H,24,25,28)/t18-/m1/s1. The van der Waals surface area contributed by atoms with Crippen molar-refractivity contribution in [3.05, 3.63) is 48.8 Å². The van der Waals surface area contributed by atoms with Crippen molar-refractivity contribution < 1.29 is 18.7 Å². The lowest BCUT2D eigenvalue weighted by Gasteiger charge is -2.31. The summed E-state index contributed by atoms with van der Waals surface area (Å²) in [5.74, 6) is 0.681. The van der Waals surface area contributed by atoms with E-state index in [1.165, 1.54) is 12.4 Å². The lowest BCUT2D eigenvalue weighted by molar-refractivity contribution is 0.0564. The van der Waals surface area contributed by atoms with Gasteiger partial charge in [0, 0.05) is 25.0 Å². The van der Waals surface area contributed by atoms with Crippen LogP contribution in [0.3, 0.4) is 0 Å². The number of hydrogen-bond acceptors (Lipinski definition) is 7. The maximum Gasteiger partial charge on any atom is 0.415 e. The zero-order valence-corrected chi connectivity index (χ0v) is 17.5. The van der Waals surface area contributed by atoms with Crippen molar-refractivity contribution in [3.8, 4) is 22.5 Å². The Morgan fingerprint density at radius 2 is 2.03 bits per heavy atom. The van der Waals surface area contributed by atoms with E-state index in [-0.39, 0.29) is 12.0 Å². The molecule has 0 bridgehead atoms. The number of halogens is 1. The van der Waals surface area contributed by atoms with Crippen LogP contribution in [0.15, 0.2) is 43.0 Å². The molecular weight excluding hydrogens is 429 g/mol. The van der Waals surface area contributed by atoms with Gasteiger partial charge in [0.2, 0.25) is 0 Å². The molecule has 3 aromatic heterocycles. The van der Waals surface area contributed by atoms with E-state index >= 15 is 0 Å². The number of cyclic esters (lactones) is 1.